The number of fused-ring (bicyclic) bond motifs is 1. The summed E-state index contributed by atoms with van der Waals surface area (Å²) in [6, 6.07) is 7.69. The fraction of sp³-hybridized carbons (Fsp3) is 0.350. The van der Waals surface area contributed by atoms with Crippen molar-refractivity contribution in [1.82, 2.24) is 9.21 Å². The molecule has 0 saturated carbocycles. The molecule has 2 aliphatic rings. The van der Waals surface area contributed by atoms with Crippen molar-refractivity contribution >= 4 is 15.9 Å². The fourth-order valence-electron chi connectivity index (χ4n) is 3.49. The molecule has 1 fully saturated rings. The number of hydrogen-bond acceptors (Lipinski definition) is 5. The molecule has 0 unspecified atom stereocenters. The van der Waals surface area contributed by atoms with Gasteiger partial charge in [-0.05, 0) is 29.8 Å². The van der Waals surface area contributed by atoms with E-state index in [1.807, 2.05) is 0 Å². The molecule has 2 aromatic rings. The Hall–Kier alpha value is -2.72. The zero-order chi connectivity index (χ0) is 21.3. The third kappa shape index (κ3) is 4.10. The lowest BCUT2D eigenvalue weighted by molar-refractivity contribution is -0.131. The Morgan fingerprint density at radius 2 is 1.63 bits per heavy atom. The zero-order valence-corrected chi connectivity index (χ0v) is 16.8. The standard InChI is InChI=1S/C20H20F2N2O5S/c21-15-2-4-19(16(22)13-15)30(26,27)24-7-5-23(6-8-24)20(25)12-14-1-3-17-18(11-14)29-10-9-28-17/h1-4,11,13H,5-10,12H2. The van der Waals surface area contributed by atoms with Crippen molar-refractivity contribution in [3.8, 4) is 11.5 Å². The maximum atomic E-state index is 13.9. The van der Waals surface area contributed by atoms with Crippen LogP contribution in [0.15, 0.2) is 41.3 Å². The van der Waals surface area contributed by atoms with Gasteiger partial charge in [-0.25, -0.2) is 17.2 Å². The Bertz CT molecular complexity index is 1070. The third-order valence-corrected chi connectivity index (χ3v) is 7.00. The SMILES string of the molecule is O=C(Cc1ccc2c(c1)OCCO2)N1CCN(S(=O)(=O)c2ccc(F)cc2F)CC1. The van der Waals surface area contributed by atoms with E-state index < -0.39 is 26.6 Å². The minimum absolute atomic E-state index is 0.0338. The van der Waals surface area contributed by atoms with Gasteiger partial charge in [-0.15, -0.1) is 0 Å². The van der Waals surface area contributed by atoms with Gasteiger partial charge in [0.15, 0.2) is 11.5 Å². The van der Waals surface area contributed by atoms with E-state index in [1.165, 1.54) is 0 Å². The van der Waals surface area contributed by atoms with Gasteiger partial charge in [-0.2, -0.15) is 4.31 Å². The number of nitrogens with zero attached hydrogens (tertiary/aromatic N) is 2. The second kappa shape index (κ2) is 8.19. The van der Waals surface area contributed by atoms with E-state index in [1.54, 1.807) is 23.1 Å². The van der Waals surface area contributed by atoms with E-state index >= 15 is 0 Å². The zero-order valence-electron chi connectivity index (χ0n) is 16.0. The highest BCUT2D eigenvalue weighted by atomic mass is 32.2. The number of amides is 1. The molecule has 4 rings (SSSR count). The van der Waals surface area contributed by atoms with E-state index in [2.05, 4.69) is 0 Å². The van der Waals surface area contributed by atoms with Crippen LogP contribution < -0.4 is 9.47 Å². The maximum absolute atomic E-state index is 13.9. The molecule has 2 aliphatic heterocycles. The number of carbonyl (C=O) groups is 1. The predicted molar refractivity (Wildman–Crippen MR) is 103 cm³/mol. The summed E-state index contributed by atoms with van der Waals surface area (Å²) in [6.07, 6.45) is 0.149. The lowest BCUT2D eigenvalue weighted by Crippen LogP contribution is -2.51. The molecule has 0 atom stereocenters. The quantitative estimate of drug-likeness (QED) is 0.728. The molecule has 0 bridgehead atoms. The van der Waals surface area contributed by atoms with Crippen LogP contribution in [0.1, 0.15) is 5.56 Å². The summed E-state index contributed by atoms with van der Waals surface area (Å²) in [6.45, 7) is 1.38. The first kappa shape index (κ1) is 20.5. The molecule has 7 nitrogen and oxygen atoms in total. The van der Waals surface area contributed by atoms with Gasteiger partial charge in [0.2, 0.25) is 15.9 Å². The minimum Gasteiger partial charge on any atom is -0.486 e. The molecule has 0 N–H and O–H groups in total. The number of rotatable bonds is 4. The molecular weight excluding hydrogens is 418 g/mol. The second-order valence-electron chi connectivity index (χ2n) is 7.01. The van der Waals surface area contributed by atoms with Crippen molar-refractivity contribution < 1.29 is 31.5 Å². The van der Waals surface area contributed by atoms with Crippen molar-refractivity contribution in [1.29, 1.82) is 0 Å². The van der Waals surface area contributed by atoms with Crippen molar-refractivity contribution in [2.24, 2.45) is 0 Å². The molecule has 0 radical (unpaired) electrons. The Kier molecular flexibility index (Phi) is 5.61. The van der Waals surface area contributed by atoms with Crippen LogP contribution in [0, 0.1) is 11.6 Å². The number of hydrogen-bond donors (Lipinski definition) is 0. The van der Waals surface area contributed by atoms with E-state index in [9.17, 15) is 22.0 Å². The molecule has 30 heavy (non-hydrogen) atoms. The molecule has 160 valence electrons. The molecule has 2 aromatic carbocycles. The molecular formula is C20H20F2N2O5S. The number of sulfonamides is 1. The van der Waals surface area contributed by atoms with Gasteiger partial charge in [0, 0.05) is 32.2 Å². The highest BCUT2D eigenvalue weighted by Crippen LogP contribution is 2.31. The molecule has 0 aliphatic carbocycles. The summed E-state index contributed by atoms with van der Waals surface area (Å²) >= 11 is 0. The fourth-order valence-corrected chi connectivity index (χ4v) is 4.95. The monoisotopic (exact) mass is 438 g/mol. The maximum Gasteiger partial charge on any atom is 0.246 e. The summed E-state index contributed by atoms with van der Waals surface area (Å²) in [5.41, 5.74) is 0.771. The number of benzene rings is 2. The molecule has 0 spiro atoms. The first-order chi connectivity index (χ1) is 14.3. The minimum atomic E-state index is -4.10. The molecule has 1 saturated heterocycles. The summed E-state index contributed by atoms with van der Waals surface area (Å²) in [4.78, 5) is 13.6. The number of ether oxygens (including phenoxy) is 2. The van der Waals surface area contributed by atoms with Crippen LogP contribution in [0.5, 0.6) is 11.5 Å². The topological polar surface area (TPSA) is 76.2 Å². The average molecular weight is 438 g/mol. The van der Waals surface area contributed by atoms with Crippen molar-refractivity contribution in [3.63, 3.8) is 0 Å². The molecule has 10 heteroatoms. The number of piperazine rings is 1. The highest BCUT2D eigenvalue weighted by Gasteiger charge is 2.32. The highest BCUT2D eigenvalue weighted by molar-refractivity contribution is 7.89. The summed E-state index contributed by atoms with van der Waals surface area (Å²) in [5.74, 6) is -0.877. The van der Waals surface area contributed by atoms with Gasteiger partial charge in [-0.3, -0.25) is 4.79 Å². The Morgan fingerprint density at radius 1 is 0.933 bits per heavy atom. The Labute approximate surface area is 172 Å². The lowest BCUT2D eigenvalue weighted by atomic mass is 10.1. The molecule has 2 heterocycles. The largest absolute Gasteiger partial charge is 0.486 e. The van der Waals surface area contributed by atoms with Gasteiger partial charge >= 0.3 is 0 Å². The van der Waals surface area contributed by atoms with Crippen LogP contribution in [0.4, 0.5) is 8.78 Å². The average Bonchev–Trinajstić information content (AvgIpc) is 2.73. The van der Waals surface area contributed by atoms with Crippen LogP contribution in [-0.2, 0) is 21.2 Å². The van der Waals surface area contributed by atoms with Crippen LogP contribution in [-0.4, -0.2) is 62.9 Å². The van der Waals surface area contributed by atoms with E-state index in [0.29, 0.717) is 30.8 Å². The molecule has 0 aromatic heterocycles. The normalized spacial score (nSPS) is 17.1. The van der Waals surface area contributed by atoms with Gasteiger partial charge in [-0.1, -0.05) is 6.07 Å². The van der Waals surface area contributed by atoms with Gasteiger partial charge in [0.05, 0.1) is 6.42 Å². The first-order valence-electron chi connectivity index (χ1n) is 9.46. The predicted octanol–water partition coefficient (Wildman–Crippen LogP) is 1.81. The third-order valence-electron chi connectivity index (χ3n) is 5.07. The van der Waals surface area contributed by atoms with Gasteiger partial charge in [0.1, 0.15) is 29.7 Å². The number of halogens is 2. The van der Waals surface area contributed by atoms with Crippen LogP contribution in [0.3, 0.4) is 0 Å². The van der Waals surface area contributed by atoms with Crippen LogP contribution >= 0.6 is 0 Å². The van der Waals surface area contributed by atoms with Crippen LogP contribution in [0.25, 0.3) is 0 Å². The first-order valence-corrected chi connectivity index (χ1v) is 10.9. The smallest absolute Gasteiger partial charge is 0.246 e. The summed E-state index contributed by atoms with van der Waals surface area (Å²) in [5, 5.41) is 0. The Morgan fingerprint density at radius 3 is 2.33 bits per heavy atom. The lowest BCUT2D eigenvalue weighted by Gasteiger charge is -2.34. The van der Waals surface area contributed by atoms with E-state index in [4.69, 9.17) is 9.47 Å². The number of carbonyl (C=O) groups excluding carboxylic acids is 1. The Balaban J connectivity index is 1.38. The summed E-state index contributed by atoms with van der Waals surface area (Å²) < 4.78 is 64.4. The van der Waals surface area contributed by atoms with Crippen molar-refractivity contribution in [2.45, 2.75) is 11.3 Å². The van der Waals surface area contributed by atoms with Crippen molar-refractivity contribution in [2.75, 3.05) is 39.4 Å². The summed E-state index contributed by atoms with van der Waals surface area (Å²) in [7, 11) is -4.10. The van der Waals surface area contributed by atoms with Crippen molar-refractivity contribution in [3.05, 3.63) is 53.6 Å². The van der Waals surface area contributed by atoms with E-state index in [0.717, 1.165) is 22.0 Å². The van der Waals surface area contributed by atoms with Crippen LogP contribution in [0.2, 0.25) is 0 Å². The van der Waals surface area contributed by atoms with Gasteiger partial charge < -0.3 is 14.4 Å². The van der Waals surface area contributed by atoms with Gasteiger partial charge in [0.25, 0.3) is 0 Å². The molecule has 1 amide bonds. The van der Waals surface area contributed by atoms with E-state index in [-0.39, 0.29) is 38.5 Å². The second-order valence-corrected chi connectivity index (χ2v) is 8.92.